The normalized spacial score (nSPS) is 27.7. The SMILES string of the molecule is COc1cccc2c(NCCN3C(=O)C4C5C=CC(C5)C4C3=O)cc(C)nc12. The van der Waals surface area contributed by atoms with Gasteiger partial charge in [-0.2, -0.15) is 0 Å². The zero-order valence-electron chi connectivity index (χ0n) is 16.0. The number of methoxy groups -OCH3 is 1. The third-order valence-electron chi connectivity index (χ3n) is 6.36. The molecule has 6 heteroatoms. The third kappa shape index (κ3) is 2.44. The van der Waals surface area contributed by atoms with Crippen LogP contribution in [0.3, 0.4) is 0 Å². The van der Waals surface area contributed by atoms with Crippen molar-refractivity contribution in [3.8, 4) is 5.75 Å². The first-order valence-corrected chi connectivity index (χ1v) is 9.80. The Morgan fingerprint density at radius 1 is 1.18 bits per heavy atom. The molecule has 2 bridgehead atoms. The molecule has 1 aliphatic heterocycles. The molecular formula is C22H23N3O3. The summed E-state index contributed by atoms with van der Waals surface area (Å²) in [5.74, 6) is 0.987. The van der Waals surface area contributed by atoms with E-state index in [4.69, 9.17) is 4.74 Å². The summed E-state index contributed by atoms with van der Waals surface area (Å²) in [4.78, 5) is 31.6. The Morgan fingerprint density at radius 2 is 1.89 bits per heavy atom. The molecule has 1 aromatic heterocycles. The van der Waals surface area contributed by atoms with Crippen molar-refractivity contribution < 1.29 is 14.3 Å². The number of likely N-dealkylation sites (tertiary alicyclic amines) is 1. The van der Waals surface area contributed by atoms with Gasteiger partial charge in [-0.1, -0.05) is 24.3 Å². The summed E-state index contributed by atoms with van der Waals surface area (Å²) < 4.78 is 5.43. The molecule has 6 nitrogen and oxygen atoms in total. The predicted octanol–water partition coefficient (Wildman–Crippen LogP) is 2.77. The van der Waals surface area contributed by atoms with Crippen LogP contribution in [0.25, 0.3) is 10.9 Å². The third-order valence-corrected chi connectivity index (χ3v) is 6.36. The molecule has 0 spiro atoms. The smallest absolute Gasteiger partial charge is 0.233 e. The van der Waals surface area contributed by atoms with Crippen molar-refractivity contribution in [1.29, 1.82) is 0 Å². The number of carbonyl (C=O) groups is 2. The van der Waals surface area contributed by atoms with Crippen LogP contribution in [-0.4, -0.2) is 41.9 Å². The molecule has 2 amide bonds. The number of carbonyl (C=O) groups excluding carboxylic acids is 2. The van der Waals surface area contributed by atoms with E-state index in [9.17, 15) is 9.59 Å². The van der Waals surface area contributed by atoms with Gasteiger partial charge in [0.05, 0.1) is 18.9 Å². The Morgan fingerprint density at radius 3 is 2.57 bits per heavy atom. The van der Waals surface area contributed by atoms with Crippen LogP contribution in [0.4, 0.5) is 5.69 Å². The molecule has 1 N–H and O–H groups in total. The second kappa shape index (κ2) is 6.33. The van der Waals surface area contributed by atoms with Crippen LogP contribution >= 0.6 is 0 Å². The van der Waals surface area contributed by atoms with E-state index in [1.54, 1.807) is 7.11 Å². The van der Waals surface area contributed by atoms with Crippen LogP contribution in [0.15, 0.2) is 36.4 Å². The number of imide groups is 1. The molecule has 3 aliphatic rings. The lowest BCUT2D eigenvalue weighted by atomic mass is 9.85. The van der Waals surface area contributed by atoms with E-state index in [2.05, 4.69) is 22.5 Å². The highest BCUT2D eigenvalue weighted by atomic mass is 16.5. The molecule has 2 aliphatic carbocycles. The maximum Gasteiger partial charge on any atom is 0.233 e. The number of nitrogens with one attached hydrogen (secondary N) is 1. The average Bonchev–Trinajstić information content (AvgIpc) is 3.37. The fourth-order valence-corrected chi connectivity index (χ4v) is 5.15. The minimum Gasteiger partial charge on any atom is -0.494 e. The van der Waals surface area contributed by atoms with Gasteiger partial charge in [0, 0.05) is 29.9 Å². The molecule has 144 valence electrons. The molecule has 0 radical (unpaired) electrons. The predicted molar refractivity (Wildman–Crippen MR) is 106 cm³/mol. The summed E-state index contributed by atoms with van der Waals surface area (Å²) in [6.45, 7) is 2.83. The Bertz CT molecular complexity index is 985. The lowest BCUT2D eigenvalue weighted by Gasteiger charge is -2.18. The number of amides is 2. The molecule has 1 saturated heterocycles. The molecule has 28 heavy (non-hydrogen) atoms. The molecule has 4 atom stereocenters. The summed E-state index contributed by atoms with van der Waals surface area (Å²) in [7, 11) is 1.63. The van der Waals surface area contributed by atoms with Crippen molar-refractivity contribution >= 4 is 28.4 Å². The number of aryl methyl sites for hydroxylation is 1. The van der Waals surface area contributed by atoms with Crippen molar-refractivity contribution in [2.75, 3.05) is 25.5 Å². The van der Waals surface area contributed by atoms with Crippen LogP contribution in [0, 0.1) is 30.6 Å². The number of para-hydroxylation sites is 1. The molecule has 2 aromatic rings. The summed E-state index contributed by atoms with van der Waals surface area (Å²) in [5, 5.41) is 4.36. The van der Waals surface area contributed by atoms with Crippen LogP contribution in [0.2, 0.25) is 0 Å². The number of fused-ring (bicyclic) bond motifs is 6. The van der Waals surface area contributed by atoms with Crippen molar-refractivity contribution in [1.82, 2.24) is 9.88 Å². The Kier molecular flexibility index (Phi) is 3.89. The average molecular weight is 377 g/mol. The van der Waals surface area contributed by atoms with Gasteiger partial charge in [-0.25, -0.2) is 4.98 Å². The molecule has 2 heterocycles. The van der Waals surface area contributed by atoms with Crippen LogP contribution in [0.5, 0.6) is 5.75 Å². The van der Waals surface area contributed by atoms with E-state index in [-0.39, 0.29) is 35.5 Å². The number of rotatable bonds is 5. The van der Waals surface area contributed by atoms with E-state index < -0.39 is 0 Å². The minimum atomic E-state index is -0.129. The molecule has 1 saturated carbocycles. The molecule has 2 fully saturated rings. The number of anilines is 1. The van der Waals surface area contributed by atoms with Gasteiger partial charge in [0.15, 0.2) is 0 Å². The zero-order valence-corrected chi connectivity index (χ0v) is 16.0. The van der Waals surface area contributed by atoms with Crippen molar-refractivity contribution in [2.45, 2.75) is 13.3 Å². The van der Waals surface area contributed by atoms with Crippen molar-refractivity contribution in [3.05, 3.63) is 42.1 Å². The number of aromatic nitrogens is 1. The maximum atomic E-state index is 12.8. The van der Waals surface area contributed by atoms with Gasteiger partial charge in [0.25, 0.3) is 0 Å². The summed E-state index contributed by atoms with van der Waals surface area (Å²) >= 11 is 0. The van der Waals surface area contributed by atoms with Crippen LogP contribution in [-0.2, 0) is 9.59 Å². The van der Waals surface area contributed by atoms with Gasteiger partial charge in [-0.15, -0.1) is 0 Å². The van der Waals surface area contributed by atoms with Gasteiger partial charge in [-0.05, 0) is 37.3 Å². The van der Waals surface area contributed by atoms with Gasteiger partial charge in [0.1, 0.15) is 11.3 Å². The monoisotopic (exact) mass is 377 g/mol. The molecular weight excluding hydrogens is 354 g/mol. The summed E-state index contributed by atoms with van der Waals surface area (Å²) in [5.41, 5.74) is 2.62. The standard InChI is InChI=1S/C22H23N3O3/c1-12-10-16(15-4-3-5-17(28-2)20(15)24-12)23-8-9-25-21(26)18-13-6-7-14(11-13)19(18)22(25)27/h3-7,10,13-14,18-19H,8-9,11H2,1-2H3,(H,23,24). The van der Waals surface area contributed by atoms with Crippen LogP contribution in [0.1, 0.15) is 12.1 Å². The van der Waals surface area contributed by atoms with E-state index in [0.717, 1.165) is 34.5 Å². The van der Waals surface area contributed by atoms with E-state index >= 15 is 0 Å². The number of hydrogen-bond donors (Lipinski definition) is 1. The van der Waals surface area contributed by atoms with Crippen LogP contribution < -0.4 is 10.1 Å². The molecule has 5 rings (SSSR count). The van der Waals surface area contributed by atoms with Crippen molar-refractivity contribution in [3.63, 3.8) is 0 Å². The number of allylic oxidation sites excluding steroid dienone is 2. The van der Waals surface area contributed by atoms with Gasteiger partial charge >= 0.3 is 0 Å². The number of nitrogens with zero attached hydrogens (tertiary/aromatic N) is 2. The summed E-state index contributed by atoms with van der Waals surface area (Å²) in [6, 6.07) is 7.79. The second-order valence-corrected chi connectivity index (χ2v) is 7.92. The number of pyridine rings is 1. The van der Waals surface area contributed by atoms with Crippen molar-refractivity contribution in [2.24, 2.45) is 23.7 Å². The fraction of sp³-hybridized carbons (Fsp3) is 0.409. The number of hydrogen-bond acceptors (Lipinski definition) is 5. The molecule has 1 aromatic carbocycles. The highest BCUT2D eigenvalue weighted by molar-refractivity contribution is 6.06. The van der Waals surface area contributed by atoms with Gasteiger partial charge in [0.2, 0.25) is 11.8 Å². The van der Waals surface area contributed by atoms with E-state index in [0.29, 0.717) is 13.1 Å². The first kappa shape index (κ1) is 17.2. The zero-order chi connectivity index (χ0) is 19.4. The maximum absolute atomic E-state index is 12.8. The number of ether oxygens (including phenoxy) is 1. The minimum absolute atomic E-state index is 0.00564. The first-order valence-electron chi connectivity index (χ1n) is 9.80. The first-order chi connectivity index (χ1) is 13.6. The Hall–Kier alpha value is -2.89. The van der Waals surface area contributed by atoms with Gasteiger partial charge in [-0.3, -0.25) is 14.5 Å². The highest BCUT2D eigenvalue weighted by Gasteiger charge is 2.58. The largest absolute Gasteiger partial charge is 0.494 e. The van der Waals surface area contributed by atoms with E-state index in [1.807, 2.05) is 31.2 Å². The summed E-state index contributed by atoms with van der Waals surface area (Å²) in [6.07, 6.45) is 5.21. The van der Waals surface area contributed by atoms with Gasteiger partial charge < -0.3 is 10.1 Å². The quantitative estimate of drug-likeness (QED) is 0.641. The number of benzene rings is 1. The lowest BCUT2D eigenvalue weighted by molar-refractivity contribution is -0.140. The lowest BCUT2D eigenvalue weighted by Crippen LogP contribution is -2.36. The highest BCUT2D eigenvalue weighted by Crippen LogP contribution is 2.52. The Balaban J connectivity index is 1.33. The fourth-order valence-electron chi connectivity index (χ4n) is 5.15. The molecule has 4 unspecified atom stereocenters. The van der Waals surface area contributed by atoms with E-state index in [1.165, 1.54) is 4.90 Å². The topological polar surface area (TPSA) is 71.5 Å². The second-order valence-electron chi connectivity index (χ2n) is 7.92. The Labute approximate surface area is 163 Å².